The Morgan fingerprint density at radius 1 is 1.08 bits per heavy atom. The van der Waals surface area contributed by atoms with Gasteiger partial charge < -0.3 is 20.1 Å². The summed E-state index contributed by atoms with van der Waals surface area (Å²) in [5.74, 6) is -0.0275. The Balaban J connectivity index is 1.47. The molecule has 1 aliphatic rings. The maximum Gasteiger partial charge on any atom is 0.416 e. The molecule has 202 valence electrons. The number of fused-ring (bicyclic) bond motifs is 1. The van der Waals surface area contributed by atoms with Crippen molar-refractivity contribution in [1.82, 2.24) is 5.32 Å². The van der Waals surface area contributed by atoms with E-state index in [1.807, 2.05) is 4.90 Å². The van der Waals surface area contributed by atoms with Gasteiger partial charge in [0.15, 0.2) is 9.84 Å². The molecule has 0 bridgehead atoms. The second kappa shape index (κ2) is 11.0. The summed E-state index contributed by atoms with van der Waals surface area (Å²) in [6.07, 6.45) is -4.39. The van der Waals surface area contributed by atoms with Crippen LogP contribution < -0.4 is 15.0 Å². The van der Waals surface area contributed by atoms with Crippen LogP contribution in [0.3, 0.4) is 0 Å². The third-order valence-electron chi connectivity index (χ3n) is 6.35. The van der Waals surface area contributed by atoms with Crippen LogP contribution in [0.5, 0.6) is 5.75 Å². The van der Waals surface area contributed by atoms with Crippen LogP contribution in [0.2, 0.25) is 0 Å². The van der Waals surface area contributed by atoms with Crippen LogP contribution in [0, 0.1) is 0 Å². The van der Waals surface area contributed by atoms with Crippen molar-refractivity contribution in [3.63, 3.8) is 0 Å². The van der Waals surface area contributed by atoms with Crippen LogP contribution in [-0.2, 0) is 22.6 Å². The number of nitrogens with zero attached hydrogens (tertiary/aromatic N) is 1. The molecular formula is C27H27F3N2O5S. The number of alkyl halides is 3. The van der Waals surface area contributed by atoms with E-state index in [1.54, 1.807) is 37.3 Å². The fourth-order valence-electron chi connectivity index (χ4n) is 4.15. The van der Waals surface area contributed by atoms with Gasteiger partial charge in [-0.2, -0.15) is 13.2 Å². The predicted octanol–water partition coefficient (Wildman–Crippen LogP) is 4.36. The van der Waals surface area contributed by atoms with Crippen molar-refractivity contribution < 1.29 is 36.2 Å². The van der Waals surface area contributed by atoms with Crippen LogP contribution >= 0.6 is 0 Å². The molecule has 0 aromatic heterocycles. The summed E-state index contributed by atoms with van der Waals surface area (Å²) in [6, 6.07) is 15.1. The van der Waals surface area contributed by atoms with Crippen LogP contribution in [0.1, 0.15) is 40.0 Å². The lowest BCUT2D eigenvalue weighted by atomic mass is 10.1. The van der Waals surface area contributed by atoms with Crippen LogP contribution in [-0.4, -0.2) is 44.9 Å². The molecule has 0 unspecified atom stereocenters. The topological polar surface area (TPSA) is 95.9 Å². The van der Waals surface area contributed by atoms with Gasteiger partial charge in [-0.15, -0.1) is 0 Å². The monoisotopic (exact) mass is 548 g/mol. The maximum atomic E-state index is 13.0. The molecular weight excluding hydrogens is 521 g/mol. The van der Waals surface area contributed by atoms with Crippen molar-refractivity contribution in [2.75, 3.05) is 30.4 Å². The minimum absolute atomic E-state index is 0.0331. The van der Waals surface area contributed by atoms with E-state index in [-0.39, 0.29) is 10.6 Å². The average Bonchev–Trinajstić information content (AvgIpc) is 2.91. The standard InChI is InChI=1S/C27H27F3N2O5S/c1-2-38(35,36)22-10-5-19(6-11-22)23(17-33)31-26(34)20-7-12-24-25(15-20)37-14-13-32(24)16-18-3-8-21(9-4-18)27(28,29)30/h3-12,15,23,33H,2,13-14,16-17H2,1H3,(H,31,34)/t23-/m0/s1. The van der Waals surface area contributed by atoms with E-state index in [4.69, 9.17) is 4.74 Å². The molecule has 1 atom stereocenters. The average molecular weight is 549 g/mol. The zero-order chi connectivity index (χ0) is 27.5. The van der Waals surface area contributed by atoms with E-state index in [0.29, 0.717) is 47.8 Å². The van der Waals surface area contributed by atoms with Crippen LogP contribution in [0.25, 0.3) is 0 Å². The van der Waals surface area contributed by atoms with Crippen molar-refractivity contribution in [2.45, 2.75) is 30.6 Å². The van der Waals surface area contributed by atoms with Gasteiger partial charge in [-0.05, 0) is 53.6 Å². The number of benzene rings is 3. The summed E-state index contributed by atoms with van der Waals surface area (Å²) in [4.78, 5) is 15.1. The SMILES string of the molecule is CCS(=O)(=O)c1ccc([C@H](CO)NC(=O)c2ccc3c(c2)OCCN3Cc2ccc(C(F)(F)F)cc2)cc1. The molecule has 0 fully saturated rings. The minimum Gasteiger partial charge on any atom is -0.490 e. The normalized spacial score (nSPS) is 14.4. The lowest BCUT2D eigenvalue weighted by molar-refractivity contribution is -0.137. The van der Waals surface area contributed by atoms with Gasteiger partial charge >= 0.3 is 6.18 Å². The molecule has 0 spiro atoms. The van der Waals surface area contributed by atoms with E-state index >= 15 is 0 Å². The molecule has 0 saturated heterocycles. The molecule has 4 rings (SSSR count). The number of aliphatic hydroxyl groups is 1. The van der Waals surface area contributed by atoms with Crippen LogP contribution in [0.15, 0.2) is 71.6 Å². The summed E-state index contributed by atoms with van der Waals surface area (Å²) < 4.78 is 68.4. The number of hydrogen-bond donors (Lipinski definition) is 2. The van der Waals surface area contributed by atoms with Gasteiger partial charge in [0.2, 0.25) is 0 Å². The van der Waals surface area contributed by atoms with Crippen molar-refractivity contribution in [2.24, 2.45) is 0 Å². The molecule has 7 nitrogen and oxygen atoms in total. The van der Waals surface area contributed by atoms with Gasteiger partial charge in [-0.25, -0.2) is 8.42 Å². The zero-order valence-electron chi connectivity index (χ0n) is 20.5. The summed E-state index contributed by atoms with van der Waals surface area (Å²) in [5.41, 5.74) is 1.55. The molecule has 1 amide bonds. The first kappa shape index (κ1) is 27.5. The zero-order valence-corrected chi connectivity index (χ0v) is 21.3. The highest BCUT2D eigenvalue weighted by atomic mass is 32.2. The van der Waals surface area contributed by atoms with E-state index in [2.05, 4.69) is 5.32 Å². The van der Waals surface area contributed by atoms with E-state index in [0.717, 1.165) is 12.1 Å². The third kappa shape index (κ3) is 6.11. The van der Waals surface area contributed by atoms with Crippen molar-refractivity contribution in [1.29, 1.82) is 0 Å². The highest BCUT2D eigenvalue weighted by Gasteiger charge is 2.30. The van der Waals surface area contributed by atoms with Gasteiger partial charge in [0.1, 0.15) is 12.4 Å². The second-order valence-corrected chi connectivity index (χ2v) is 11.1. The third-order valence-corrected chi connectivity index (χ3v) is 8.10. The van der Waals surface area contributed by atoms with Crippen molar-refractivity contribution in [3.05, 3.63) is 89.0 Å². The number of carbonyl (C=O) groups excluding carboxylic acids is 1. The molecule has 0 aliphatic carbocycles. The highest BCUT2D eigenvalue weighted by Crippen LogP contribution is 2.34. The number of aliphatic hydroxyl groups excluding tert-OH is 1. The Morgan fingerprint density at radius 2 is 1.76 bits per heavy atom. The van der Waals surface area contributed by atoms with Gasteiger partial charge in [-0.1, -0.05) is 31.2 Å². The number of nitrogens with one attached hydrogen (secondary N) is 1. The maximum absolute atomic E-state index is 13.0. The van der Waals surface area contributed by atoms with E-state index in [9.17, 15) is 31.5 Å². The Hall–Kier alpha value is -3.57. The number of rotatable bonds is 8. The van der Waals surface area contributed by atoms with E-state index < -0.39 is 40.1 Å². The number of amides is 1. The molecule has 1 heterocycles. The summed E-state index contributed by atoms with van der Waals surface area (Å²) in [7, 11) is -3.37. The summed E-state index contributed by atoms with van der Waals surface area (Å²) in [5, 5.41) is 12.6. The molecule has 2 N–H and O–H groups in total. The molecule has 0 radical (unpaired) electrons. The first-order chi connectivity index (χ1) is 18.0. The Labute approximate surface area is 218 Å². The number of halogens is 3. The van der Waals surface area contributed by atoms with Gasteiger partial charge in [-0.3, -0.25) is 4.79 Å². The largest absolute Gasteiger partial charge is 0.490 e. The first-order valence-corrected chi connectivity index (χ1v) is 13.6. The number of ether oxygens (including phenoxy) is 1. The fourth-order valence-corrected chi connectivity index (χ4v) is 5.04. The Bertz CT molecular complexity index is 1390. The van der Waals surface area contributed by atoms with Crippen LogP contribution in [0.4, 0.5) is 18.9 Å². The quantitative estimate of drug-likeness (QED) is 0.434. The van der Waals surface area contributed by atoms with E-state index in [1.165, 1.54) is 24.3 Å². The lowest BCUT2D eigenvalue weighted by Gasteiger charge is -2.31. The van der Waals surface area contributed by atoms with Gasteiger partial charge in [0.05, 0.1) is 41.1 Å². The molecule has 3 aromatic rings. The van der Waals surface area contributed by atoms with Crippen molar-refractivity contribution in [3.8, 4) is 5.75 Å². The van der Waals surface area contributed by atoms with Gasteiger partial charge in [0, 0.05) is 12.1 Å². The number of sulfone groups is 1. The smallest absolute Gasteiger partial charge is 0.416 e. The molecule has 3 aromatic carbocycles. The number of hydrogen-bond acceptors (Lipinski definition) is 6. The highest BCUT2D eigenvalue weighted by molar-refractivity contribution is 7.91. The molecule has 0 saturated carbocycles. The number of anilines is 1. The summed E-state index contributed by atoms with van der Waals surface area (Å²) >= 11 is 0. The minimum atomic E-state index is -4.39. The Morgan fingerprint density at radius 3 is 2.37 bits per heavy atom. The van der Waals surface area contributed by atoms with Crippen molar-refractivity contribution >= 4 is 21.4 Å². The molecule has 38 heavy (non-hydrogen) atoms. The second-order valence-electron chi connectivity index (χ2n) is 8.83. The molecule has 1 aliphatic heterocycles. The predicted molar refractivity (Wildman–Crippen MR) is 136 cm³/mol. The molecule has 11 heteroatoms. The van der Waals surface area contributed by atoms with Gasteiger partial charge in [0.25, 0.3) is 5.91 Å². The summed E-state index contributed by atoms with van der Waals surface area (Å²) in [6.45, 7) is 2.39. The number of carbonyl (C=O) groups is 1. The fraction of sp³-hybridized carbons (Fsp3) is 0.296. The lowest BCUT2D eigenvalue weighted by Crippen LogP contribution is -2.33. The first-order valence-electron chi connectivity index (χ1n) is 11.9. The Kier molecular flexibility index (Phi) is 7.98.